The van der Waals surface area contributed by atoms with Crippen molar-refractivity contribution in [1.82, 2.24) is 15.4 Å². The van der Waals surface area contributed by atoms with Crippen molar-refractivity contribution < 1.29 is 13.2 Å². The Morgan fingerprint density at radius 1 is 1.14 bits per heavy atom. The fraction of sp³-hybridized carbons (Fsp3) is 0.556. The van der Waals surface area contributed by atoms with Gasteiger partial charge in [0.05, 0.1) is 12.3 Å². The molecule has 0 unspecified atom stereocenters. The lowest BCUT2D eigenvalue weighted by molar-refractivity contribution is -0.117. The molecule has 0 bridgehead atoms. The van der Waals surface area contributed by atoms with Crippen molar-refractivity contribution >= 4 is 51.6 Å². The molecule has 1 aromatic carbocycles. The van der Waals surface area contributed by atoms with Crippen molar-refractivity contribution in [3.63, 3.8) is 0 Å². The van der Waals surface area contributed by atoms with Gasteiger partial charge in [-0.25, -0.2) is 18.1 Å². The van der Waals surface area contributed by atoms with E-state index >= 15 is 0 Å². The van der Waals surface area contributed by atoms with Crippen molar-refractivity contribution in [1.29, 1.82) is 0 Å². The van der Waals surface area contributed by atoms with E-state index < -0.39 is 10.0 Å². The highest BCUT2D eigenvalue weighted by Gasteiger charge is 2.21. The molecule has 0 aliphatic carbocycles. The van der Waals surface area contributed by atoms with Crippen molar-refractivity contribution in [2.45, 2.75) is 33.2 Å². The highest BCUT2D eigenvalue weighted by molar-refractivity contribution is 14.0. The van der Waals surface area contributed by atoms with E-state index in [1.807, 2.05) is 36.1 Å². The van der Waals surface area contributed by atoms with Gasteiger partial charge in [0.2, 0.25) is 15.9 Å². The normalized spacial score (nSPS) is 14.7. The van der Waals surface area contributed by atoms with Crippen molar-refractivity contribution in [3.8, 4) is 0 Å². The Bertz CT molecular complexity index is 753. The van der Waals surface area contributed by atoms with Crippen LogP contribution < -0.4 is 20.3 Å². The van der Waals surface area contributed by atoms with Crippen LogP contribution in [0.4, 0.5) is 5.69 Å². The molecule has 28 heavy (non-hydrogen) atoms. The summed E-state index contributed by atoms with van der Waals surface area (Å²) in [4.78, 5) is 18.1. The Morgan fingerprint density at radius 3 is 2.43 bits per heavy atom. The summed E-state index contributed by atoms with van der Waals surface area (Å²) in [6, 6.07) is 7.86. The second-order valence-corrected chi connectivity index (χ2v) is 8.33. The Morgan fingerprint density at radius 2 is 1.86 bits per heavy atom. The van der Waals surface area contributed by atoms with Crippen LogP contribution in [0.2, 0.25) is 0 Å². The summed E-state index contributed by atoms with van der Waals surface area (Å²) in [7, 11) is -3.18. The summed E-state index contributed by atoms with van der Waals surface area (Å²) in [5.41, 5.74) is 1.97. The van der Waals surface area contributed by atoms with E-state index in [4.69, 9.17) is 0 Å². The molecule has 1 fully saturated rings. The molecule has 10 heteroatoms. The molecular weight excluding hydrogens is 493 g/mol. The SMILES string of the molecule is CCNC(=NCc1ccc(N2CCCC2=O)cc1)NCCNS(=O)(=O)CC.I. The van der Waals surface area contributed by atoms with Gasteiger partial charge in [-0.2, -0.15) is 0 Å². The smallest absolute Gasteiger partial charge is 0.227 e. The lowest BCUT2D eigenvalue weighted by Gasteiger charge is -2.16. The maximum atomic E-state index is 11.8. The maximum Gasteiger partial charge on any atom is 0.227 e. The zero-order chi connectivity index (χ0) is 19.7. The van der Waals surface area contributed by atoms with E-state index in [1.54, 1.807) is 6.92 Å². The minimum absolute atomic E-state index is 0. The number of anilines is 1. The Labute approximate surface area is 184 Å². The topological polar surface area (TPSA) is 103 Å². The van der Waals surface area contributed by atoms with Crippen LogP contribution in [-0.4, -0.2) is 52.2 Å². The van der Waals surface area contributed by atoms with E-state index in [1.165, 1.54) is 0 Å². The highest BCUT2D eigenvalue weighted by Crippen LogP contribution is 2.21. The monoisotopic (exact) mass is 523 g/mol. The molecule has 2 rings (SSSR count). The average molecular weight is 523 g/mol. The quantitative estimate of drug-likeness (QED) is 0.197. The van der Waals surface area contributed by atoms with Gasteiger partial charge in [0.1, 0.15) is 0 Å². The fourth-order valence-electron chi connectivity index (χ4n) is 2.70. The summed E-state index contributed by atoms with van der Waals surface area (Å²) >= 11 is 0. The molecule has 1 aliphatic heterocycles. The fourth-order valence-corrected chi connectivity index (χ4v) is 3.32. The lowest BCUT2D eigenvalue weighted by Crippen LogP contribution is -2.41. The third kappa shape index (κ3) is 7.92. The molecule has 3 N–H and O–H groups in total. The minimum Gasteiger partial charge on any atom is -0.357 e. The number of carbonyl (C=O) groups is 1. The predicted octanol–water partition coefficient (Wildman–Crippen LogP) is 1.43. The molecule has 1 aromatic rings. The van der Waals surface area contributed by atoms with Crippen LogP contribution in [-0.2, 0) is 21.4 Å². The molecule has 1 amide bonds. The molecule has 0 radical (unpaired) electrons. The van der Waals surface area contributed by atoms with E-state index in [0.717, 1.165) is 24.2 Å². The van der Waals surface area contributed by atoms with Gasteiger partial charge in [0, 0.05) is 38.3 Å². The first-order valence-electron chi connectivity index (χ1n) is 9.34. The summed E-state index contributed by atoms with van der Waals surface area (Å²) in [6.07, 6.45) is 1.54. The molecule has 1 heterocycles. The average Bonchev–Trinajstić information content (AvgIpc) is 3.09. The number of halogens is 1. The van der Waals surface area contributed by atoms with Crippen LogP contribution in [0.5, 0.6) is 0 Å². The molecule has 0 spiro atoms. The molecule has 1 saturated heterocycles. The number of benzene rings is 1. The summed E-state index contributed by atoms with van der Waals surface area (Å²) in [5.74, 6) is 0.880. The zero-order valence-corrected chi connectivity index (χ0v) is 19.5. The maximum absolute atomic E-state index is 11.8. The number of amides is 1. The number of hydrogen-bond acceptors (Lipinski definition) is 4. The van der Waals surface area contributed by atoms with Gasteiger partial charge in [0.25, 0.3) is 0 Å². The minimum atomic E-state index is -3.18. The van der Waals surface area contributed by atoms with Gasteiger partial charge < -0.3 is 15.5 Å². The van der Waals surface area contributed by atoms with E-state index in [9.17, 15) is 13.2 Å². The first-order chi connectivity index (χ1) is 12.9. The third-order valence-corrected chi connectivity index (χ3v) is 5.61. The summed E-state index contributed by atoms with van der Waals surface area (Å²) < 4.78 is 25.3. The van der Waals surface area contributed by atoms with Gasteiger partial charge >= 0.3 is 0 Å². The van der Waals surface area contributed by atoms with Crippen molar-refractivity contribution in [2.75, 3.05) is 36.8 Å². The second-order valence-electron chi connectivity index (χ2n) is 6.24. The molecule has 0 saturated carbocycles. The Kier molecular flexibility index (Phi) is 10.8. The van der Waals surface area contributed by atoms with Crippen LogP contribution in [0.15, 0.2) is 29.3 Å². The van der Waals surface area contributed by atoms with E-state index in [0.29, 0.717) is 38.6 Å². The number of hydrogen-bond donors (Lipinski definition) is 3. The van der Waals surface area contributed by atoms with Crippen LogP contribution in [0.3, 0.4) is 0 Å². The first kappa shape index (κ1) is 24.6. The predicted molar refractivity (Wildman–Crippen MR) is 124 cm³/mol. The van der Waals surface area contributed by atoms with E-state index in [-0.39, 0.29) is 35.6 Å². The molecule has 8 nitrogen and oxygen atoms in total. The molecule has 158 valence electrons. The van der Waals surface area contributed by atoms with E-state index in [2.05, 4.69) is 20.3 Å². The van der Waals surface area contributed by atoms with Crippen LogP contribution in [0.1, 0.15) is 32.3 Å². The van der Waals surface area contributed by atoms with Crippen LogP contribution in [0.25, 0.3) is 0 Å². The molecular formula is C18H30IN5O3S. The molecule has 0 atom stereocenters. The van der Waals surface area contributed by atoms with Crippen molar-refractivity contribution in [2.24, 2.45) is 4.99 Å². The number of carbonyl (C=O) groups excluding carboxylic acids is 1. The highest BCUT2D eigenvalue weighted by atomic mass is 127. The summed E-state index contributed by atoms with van der Waals surface area (Å²) in [5, 5.41) is 6.24. The molecule has 0 aromatic heterocycles. The number of aliphatic imine (C=N–C) groups is 1. The van der Waals surface area contributed by atoms with Gasteiger partial charge in [0.15, 0.2) is 5.96 Å². The summed E-state index contributed by atoms with van der Waals surface area (Å²) in [6.45, 7) is 6.31. The number of nitrogens with zero attached hydrogens (tertiary/aromatic N) is 2. The Hall–Kier alpha value is -1.40. The standard InChI is InChI=1S/C18H29N5O3S.HI/c1-3-19-18(20-11-12-22-27(25,26)4-2)21-14-15-7-9-16(10-8-15)23-13-5-6-17(23)24;/h7-10,22H,3-6,11-14H2,1-2H3,(H2,19,20,21);1H. The van der Waals surface area contributed by atoms with Gasteiger partial charge in [-0.15, -0.1) is 24.0 Å². The third-order valence-electron chi connectivity index (χ3n) is 4.20. The van der Waals surface area contributed by atoms with Gasteiger partial charge in [-0.3, -0.25) is 4.79 Å². The number of rotatable bonds is 9. The largest absolute Gasteiger partial charge is 0.357 e. The van der Waals surface area contributed by atoms with Crippen LogP contribution in [0, 0.1) is 0 Å². The number of guanidine groups is 1. The van der Waals surface area contributed by atoms with Gasteiger partial charge in [-0.1, -0.05) is 12.1 Å². The van der Waals surface area contributed by atoms with Crippen LogP contribution >= 0.6 is 24.0 Å². The molecule has 1 aliphatic rings. The first-order valence-corrected chi connectivity index (χ1v) is 11.0. The zero-order valence-electron chi connectivity index (χ0n) is 16.4. The Balaban J connectivity index is 0.00000392. The second kappa shape index (κ2) is 12.2. The number of nitrogens with one attached hydrogen (secondary N) is 3. The van der Waals surface area contributed by atoms with Gasteiger partial charge in [-0.05, 0) is 38.0 Å². The lowest BCUT2D eigenvalue weighted by atomic mass is 10.2. The van der Waals surface area contributed by atoms with Crippen molar-refractivity contribution in [3.05, 3.63) is 29.8 Å². The number of sulfonamides is 1.